The summed E-state index contributed by atoms with van der Waals surface area (Å²) in [7, 11) is 0. The lowest BCUT2D eigenvalue weighted by molar-refractivity contribution is 0.353. The maximum atomic E-state index is 13.7. The summed E-state index contributed by atoms with van der Waals surface area (Å²) in [5, 5.41) is 37.0. The Morgan fingerprint density at radius 3 is 1.80 bits per heavy atom. The highest BCUT2D eigenvalue weighted by molar-refractivity contribution is 5.78. The Hall–Kier alpha value is -2.64. The molecule has 0 aliphatic heterocycles. The first-order valence-electron chi connectivity index (χ1n) is 5.06. The van der Waals surface area contributed by atoms with Crippen molar-refractivity contribution in [2.24, 2.45) is 0 Å². The molecule has 2 aromatic rings. The standard InChI is InChI=1S/C12H6F4O4/c13-5-2-3(17)1-4(10(5)18)6-7(14)12(20)9(16)8(15)11(6)19/h1-2,17-20H. The fourth-order valence-corrected chi connectivity index (χ4v) is 1.66. The summed E-state index contributed by atoms with van der Waals surface area (Å²) < 4.78 is 53.2. The summed E-state index contributed by atoms with van der Waals surface area (Å²) >= 11 is 0. The SMILES string of the molecule is Oc1cc(F)c(O)c(-c2c(O)c(F)c(F)c(O)c2F)c1. The average molecular weight is 290 g/mol. The first kappa shape index (κ1) is 13.8. The largest absolute Gasteiger partial charge is 0.508 e. The Morgan fingerprint density at radius 2 is 1.20 bits per heavy atom. The van der Waals surface area contributed by atoms with Crippen molar-refractivity contribution < 1.29 is 38.0 Å². The van der Waals surface area contributed by atoms with Gasteiger partial charge in [-0.2, -0.15) is 8.78 Å². The Balaban J connectivity index is 2.91. The first-order valence-corrected chi connectivity index (χ1v) is 5.06. The highest BCUT2D eigenvalue weighted by atomic mass is 19.2. The number of hydrogen-bond donors (Lipinski definition) is 4. The van der Waals surface area contributed by atoms with Crippen LogP contribution in [0.1, 0.15) is 0 Å². The molecule has 0 amide bonds. The van der Waals surface area contributed by atoms with Crippen molar-refractivity contribution in [2.45, 2.75) is 0 Å². The van der Waals surface area contributed by atoms with Crippen LogP contribution < -0.4 is 0 Å². The molecule has 0 bridgehead atoms. The zero-order valence-corrected chi connectivity index (χ0v) is 9.46. The molecule has 2 aromatic carbocycles. The lowest BCUT2D eigenvalue weighted by Gasteiger charge is -2.12. The number of aromatic hydroxyl groups is 4. The quantitative estimate of drug-likeness (QED) is 0.370. The molecule has 0 aliphatic rings. The molecule has 0 saturated heterocycles. The van der Waals surface area contributed by atoms with Crippen molar-refractivity contribution >= 4 is 0 Å². The highest BCUT2D eigenvalue weighted by Crippen LogP contribution is 2.45. The van der Waals surface area contributed by atoms with Crippen LogP contribution in [0, 0.1) is 23.3 Å². The van der Waals surface area contributed by atoms with Gasteiger partial charge in [0.1, 0.15) is 5.75 Å². The summed E-state index contributed by atoms with van der Waals surface area (Å²) in [4.78, 5) is 0. The van der Waals surface area contributed by atoms with E-state index in [0.29, 0.717) is 12.1 Å². The topological polar surface area (TPSA) is 80.9 Å². The highest BCUT2D eigenvalue weighted by Gasteiger charge is 2.28. The number of benzene rings is 2. The molecule has 0 fully saturated rings. The van der Waals surface area contributed by atoms with E-state index in [2.05, 4.69) is 0 Å². The van der Waals surface area contributed by atoms with E-state index in [4.69, 9.17) is 10.2 Å². The third-order valence-electron chi connectivity index (χ3n) is 2.59. The van der Waals surface area contributed by atoms with Gasteiger partial charge < -0.3 is 20.4 Å². The molecule has 0 aliphatic carbocycles. The van der Waals surface area contributed by atoms with Crippen molar-refractivity contribution in [3.8, 4) is 34.1 Å². The maximum absolute atomic E-state index is 13.7. The minimum absolute atomic E-state index is 0.480. The van der Waals surface area contributed by atoms with E-state index in [1.807, 2.05) is 0 Å². The molecule has 0 saturated carbocycles. The van der Waals surface area contributed by atoms with Crippen LogP contribution in [0.5, 0.6) is 23.0 Å². The van der Waals surface area contributed by atoms with Crippen LogP contribution in [-0.2, 0) is 0 Å². The Kier molecular flexibility index (Phi) is 3.09. The van der Waals surface area contributed by atoms with Gasteiger partial charge in [-0.1, -0.05) is 0 Å². The second-order valence-electron chi connectivity index (χ2n) is 3.84. The minimum atomic E-state index is -2.04. The normalized spacial score (nSPS) is 10.8. The van der Waals surface area contributed by atoms with Crippen LogP contribution in [-0.4, -0.2) is 20.4 Å². The zero-order valence-electron chi connectivity index (χ0n) is 9.46. The van der Waals surface area contributed by atoms with Gasteiger partial charge in [-0.15, -0.1) is 0 Å². The number of rotatable bonds is 1. The second-order valence-corrected chi connectivity index (χ2v) is 3.84. The molecule has 20 heavy (non-hydrogen) atoms. The van der Waals surface area contributed by atoms with Gasteiger partial charge in [0.25, 0.3) is 0 Å². The first-order chi connectivity index (χ1) is 9.25. The Labute approximate surface area is 108 Å². The van der Waals surface area contributed by atoms with Gasteiger partial charge in [-0.25, -0.2) is 8.78 Å². The number of phenols is 4. The molecule has 0 spiro atoms. The van der Waals surface area contributed by atoms with Crippen LogP contribution in [0.25, 0.3) is 11.1 Å². The Morgan fingerprint density at radius 1 is 0.650 bits per heavy atom. The molecular formula is C12H6F4O4. The maximum Gasteiger partial charge on any atom is 0.207 e. The van der Waals surface area contributed by atoms with E-state index < -0.39 is 57.4 Å². The van der Waals surface area contributed by atoms with E-state index >= 15 is 0 Å². The molecule has 0 aromatic heterocycles. The summed E-state index contributed by atoms with van der Waals surface area (Å²) in [6.45, 7) is 0. The van der Waals surface area contributed by atoms with Crippen molar-refractivity contribution in [1.29, 1.82) is 0 Å². The van der Waals surface area contributed by atoms with E-state index in [1.54, 1.807) is 0 Å². The average Bonchev–Trinajstić information content (AvgIpc) is 2.39. The van der Waals surface area contributed by atoms with Crippen molar-refractivity contribution in [3.05, 3.63) is 35.4 Å². The molecule has 0 radical (unpaired) electrons. The number of phenolic OH excluding ortho intramolecular Hbond substituents is 4. The monoisotopic (exact) mass is 290 g/mol. The van der Waals surface area contributed by atoms with Crippen LogP contribution in [0.4, 0.5) is 17.6 Å². The van der Waals surface area contributed by atoms with Crippen LogP contribution in [0.15, 0.2) is 12.1 Å². The van der Waals surface area contributed by atoms with E-state index in [-0.39, 0.29) is 0 Å². The van der Waals surface area contributed by atoms with Gasteiger partial charge in [0.2, 0.25) is 11.6 Å². The van der Waals surface area contributed by atoms with E-state index in [1.165, 1.54) is 0 Å². The number of halogens is 4. The molecule has 4 nitrogen and oxygen atoms in total. The number of hydrogen-bond acceptors (Lipinski definition) is 4. The van der Waals surface area contributed by atoms with Gasteiger partial charge in [0.15, 0.2) is 28.9 Å². The van der Waals surface area contributed by atoms with Gasteiger partial charge in [0, 0.05) is 11.6 Å². The molecule has 0 heterocycles. The van der Waals surface area contributed by atoms with Crippen molar-refractivity contribution in [2.75, 3.05) is 0 Å². The fraction of sp³-hybridized carbons (Fsp3) is 0. The second kappa shape index (κ2) is 4.48. The molecule has 2 rings (SSSR count). The fourth-order valence-electron chi connectivity index (χ4n) is 1.66. The van der Waals surface area contributed by atoms with E-state index in [9.17, 15) is 27.8 Å². The van der Waals surface area contributed by atoms with Gasteiger partial charge >= 0.3 is 0 Å². The lowest BCUT2D eigenvalue weighted by Crippen LogP contribution is -1.96. The summed E-state index contributed by atoms with van der Waals surface area (Å²) in [6.07, 6.45) is 0. The minimum Gasteiger partial charge on any atom is -0.508 e. The third-order valence-corrected chi connectivity index (χ3v) is 2.59. The summed E-state index contributed by atoms with van der Waals surface area (Å²) in [6, 6.07) is 1.08. The van der Waals surface area contributed by atoms with Crippen molar-refractivity contribution in [3.63, 3.8) is 0 Å². The Bertz CT molecular complexity index is 686. The predicted molar refractivity (Wildman–Crippen MR) is 58.4 cm³/mol. The smallest absolute Gasteiger partial charge is 0.207 e. The molecule has 106 valence electrons. The third kappa shape index (κ3) is 1.85. The van der Waals surface area contributed by atoms with Crippen LogP contribution in [0.3, 0.4) is 0 Å². The molecule has 4 N–H and O–H groups in total. The molecule has 0 unspecified atom stereocenters. The summed E-state index contributed by atoms with van der Waals surface area (Å²) in [5.74, 6) is -12.5. The predicted octanol–water partition coefficient (Wildman–Crippen LogP) is 2.73. The molecule has 8 heteroatoms. The molecular weight excluding hydrogens is 284 g/mol. The zero-order chi connectivity index (χ0) is 15.2. The van der Waals surface area contributed by atoms with Crippen LogP contribution in [0.2, 0.25) is 0 Å². The van der Waals surface area contributed by atoms with E-state index in [0.717, 1.165) is 0 Å². The van der Waals surface area contributed by atoms with Crippen molar-refractivity contribution in [1.82, 2.24) is 0 Å². The van der Waals surface area contributed by atoms with Gasteiger partial charge in [-0.05, 0) is 6.07 Å². The summed E-state index contributed by atoms with van der Waals surface area (Å²) in [5.41, 5.74) is -2.04. The lowest BCUT2D eigenvalue weighted by atomic mass is 10.0. The van der Waals surface area contributed by atoms with Crippen LogP contribution >= 0.6 is 0 Å². The molecule has 0 atom stereocenters. The van der Waals surface area contributed by atoms with Gasteiger partial charge in [-0.3, -0.25) is 0 Å². The van der Waals surface area contributed by atoms with Gasteiger partial charge in [0.05, 0.1) is 5.56 Å².